The highest BCUT2D eigenvalue weighted by Crippen LogP contribution is 2.39. The molecule has 2 aromatic carbocycles. The van der Waals surface area contributed by atoms with Crippen LogP contribution in [0.2, 0.25) is 5.02 Å². The zero-order valence-electron chi connectivity index (χ0n) is 19.6. The Morgan fingerprint density at radius 2 is 1.94 bits per heavy atom. The van der Waals surface area contributed by atoms with Gasteiger partial charge in [-0.3, -0.25) is 4.90 Å². The molecule has 0 saturated heterocycles. The van der Waals surface area contributed by atoms with Crippen molar-refractivity contribution >= 4 is 28.6 Å². The molecule has 0 saturated carbocycles. The smallest absolute Gasteiger partial charge is 0.410 e. The Labute approximate surface area is 204 Å². The van der Waals surface area contributed by atoms with Gasteiger partial charge in [0.1, 0.15) is 11.8 Å². The van der Waals surface area contributed by atoms with Crippen molar-refractivity contribution in [3.63, 3.8) is 0 Å². The van der Waals surface area contributed by atoms with Gasteiger partial charge >= 0.3 is 6.09 Å². The predicted octanol–water partition coefficient (Wildman–Crippen LogP) is 5.36. The van der Waals surface area contributed by atoms with Gasteiger partial charge < -0.3 is 23.9 Å². The van der Waals surface area contributed by atoms with Crippen molar-refractivity contribution in [1.29, 1.82) is 0 Å². The van der Waals surface area contributed by atoms with Gasteiger partial charge in [-0.05, 0) is 54.8 Å². The first-order chi connectivity index (χ1) is 16.6. The number of aromatic nitrogens is 1. The Morgan fingerprint density at radius 1 is 1.12 bits per heavy atom. The first-order valence-electron chi connectivity index (χ1n) is 11.6. The molecule has 1 N–H and O–H groups in total. The van der Waals surface area contributed by atoms with E-state index >= 15 is 0 Å². The molecular weight excluding hydrogens is 456 g/mol. The lowest BCUT2D eigenvalue weighted by Gasteiger charge is -2.35. The van der Waals surface area contributed by atoms with E-state index in [9.17, 15) is 4.79 Å². The van der Waals surface area contributed by atoms with Crippen LogP contribution >= 0.6 is 11.6 Å². The van der Waals surface area contributed by atoms with Gasteiger partial charge in [0, 0.05) is 48.3 Å². The van der Waals surface area contributed by atoms with Gasteiger partial charge in [0.2, 0.25) is 0 Å². The molecular formula is C26H31ClN2O5. The number of benzene rings is 2. The lowest BCUT2D eigenvalue weighted by molar-refractivity contribution is 0.0644. The summed E-state index contributed by atoms with van der Waals surface area (Å²) in [6.07, 6.45) is 1.22. The fourth-order valence-corrected chi connectivity index (χ4v) is 4.52. The number of hydrogen-bond acceptors (Lipinski definition) is 5. The predicted molar refractivity (Wildman–Crippen MR) is 132 cm³/mol. The number of fused-ring (bicyclic) bond motifs is 3. The third-order valence-electron chi connectivity index (χ3n) is 5.92. The average molecular weight is 487 g/mol. The SMILES string of the molecule is CCOC(=O)N1CCc2c([nH]c3ccc(Cl)cc23)C1c1ccc(OCCCOCCOC)cc1. The number of carbonyl (C=O) groups excluding carboxylic acids is 1. The summed E-state index contributed by atoms with van der Waals surface area (Å²) in [5, 5.41) is 1.80. The second kappa shape index (κ2) is 11.6. The number of halogens is 1. The molecule has 2 heterocycles. The molecule has 1 unspecified atom stereocenters. The van der Waals surface area contributed by atoms with Crippen LogP contribution in [0.4, 0.5) is 4.79 Å². The maximum atomic E-state index is 12.8. The number of carbonyl (C=O) groups is 1. The van der Waals surface area contributed by atoms with Gasteiger partial charge in [0.05, 0.1) is 26.4 Å². The molecule has 1 aromatic heterocycles. The number of H-pyrrole nitrogens is 1. The molecule has 0 fully saturated rings. The highest BCUT2D eigenvalue weighted by Gasteiger charge is 2.35. The molecule has 0 aliphatic carbocycles. The summed E-state index contributed by atoms with van der Waals surface area (Å²) in [5.74, 6) is 0.780. The van der Waals surface area contributed by atoms with Crippen LogP contribution in [0.1, 0.15) is 36.2 Å². The molecule has 34 heavy (non-hydrogen) atoms. The molecule has 0 spiro atoms. The number of aromatic amines is 1. The lowest BCUT2D eigenvalue weighted by atomic mass is 9.92. The number of nitrogens with zero attached hydrogens (tertiary/aromatic N) is 1. The standard InChI is InChI=1S/C26H31ClN2O5/c1-3-33-26(30)29-12-11-21-22-17-19(27)7-10-23(22)28-24(21)25(29)18-5-8-20(9-6-18)34-14-4-13-32-16-15-31-2/h5-10,17,25,28H,3-4,11-16H2,1-2H3. The van der Waals surface area contributed by atoms with Crippen molar-refractivity contribution in [3.8, 4) is 5.75 Å². The summed E-state index contributed by atoms with van der Waals surface area (Å²) in [6.45, 7) is 5.10. The van der Waals surface area contributed by atoms with E-state index in [0.717, 1.165) is 40.8 Å². The minimum absolute atomic E-state index is 0.280. The van der Waals surface area contributed by atoms with E-state index in [-0.39, 0.29) is 12.1 Å². The first kappa shape index (κ1) is 24.4. The van der Waals surface area contributed by atoms with Crippen LogP contribution in [0.5, 0.6) is 5.75 Å². The molecule has 1 aliphatic heterocycles. The third-order valence-corrected chi connectivity index (χ3v) is 6.16. The van der Waals surface area contributed by atoms with Crippen LogP contribution in [0, 0.1) is 0 Å². The van der Waals surface area contributed by atoms with E-state index in [1.165, 1.54) is 5.56 Å². The van der Waals surface area contributed by atoms with E-state index in [2.05, 4.69) is 4.98 Å². The van der Waals surface area contributed by atoms with Crippen LogP contribution in [0.15, 0.2) is 42.5 Å². The molecule has 3 aromatic rings. The number of hydrogen-bond donors (Lipinski definition) is 1. The van der Waals surface area contributed by atoms with Crippen molar-refractivity contribution in [2.75, 3.05) is 46.7 Å². The normalized spacial score (nSPS) is 15.4. The monoisotopic (exact) mass is 486 g/mol. The first-order valence-corrected chi connectivity index (χ1v) is 12.0. The Bertz CT molecular complexity index is 1100. The molecule has 7 nitrogen and oxygen atoms in total. The van der Waals surface area contributed by atoms with E-state index in [0.29, 0.717) is 44.6 Å². The molecule has 8 heteroatoms. The molecule has 0 bridgehead atoms. The van der Waals surface area contributed by atoms with E-state index in [1.807, 2.05) is 49.4 Å². The molecule has 1 amide bonds. The summed E-state index contributed by atoms with van der Waals surface area (Å²) in [7, 11) is 1.66. The highest BCUT2D eigenvalue weighted by molar-refractivity contribution is 6.31. The zero-order chi connectivity index (χ0) is 23.9. The van der Waals surface area contributed by atoms with Crippen LogP contribution in [-0.2, 0) is 20.6 Å². The van der Waals surface area contributed by atoms with Crippen molar-refractivity contribution in [2.45, 2.75) is 25.8 Å². The van der Waals surface area contributed by atoms with E-state index < -0.39 is 0 Å². The quantitative estimate of drug-likeness (QED) is 0.391. The lowest BCUT2D eigenvalue weighted by Crippen LogP contribution is -2.40. The fourth-order valence-electron chi connectivity index (χ4n) is 4.35. The molecule has 4 rings (SSSR count). The maximum absolute atomic E-state index is 12.8. The highest BCUT2D eigenvalue weighted by atomic mass is 35.5. The number of amides is 1. The largest absolute Gasteiger partial charge is 0.494 e. The van der Waals surface area contributed by atoms with Gasteiger partial charge in [-0.15, -0.1) is 0 Å². The Hall–Kier alpha value is -2.74. The number of rotatable bonds is 10. The maximum Gasteiger partial charge on any atom is 0.410 e. The molecule has 182 valence electrons. The summed E-state index contributed by atoms with van der Waals surface area (Å²) in [4.78, 5) is 18.1. The molecule has 1 atom stereocenters. The van der Waals surface area contributed by atoms with Crippen molar-refractivity contribution in [2.24, 2.45) is 0 Å². The second-order valence-electron chi connectivity index (χ2n) is 8.13. The Morgan fingerprint density at radius 3 is 2.71 bits per heavy atom. The van der Waals surface area contributed by atoms with Crippen molar-refractivity contribution < 1.29 is 23.7 Å². The minimum Gasteiger partial charge on any atom is -0.494 e. The Balaban J connectivity index is 1.53. The number of methoxy groups -OCH3 is 1. The topological polar surface area (TPSA) is 73.0 Å². The second-order valence-corrected chi connectivity index (χ2v) is 8.56. The van der Waals surface area contributed by atoms with Crippen molar-refractivity contribution in [3.05, 3.63) is 64.3 Å². The van der Waals surface area contributed by atoms with E-state index in [1.54, 1.807) is 12.0 Å². The van der Waals surface area contributed by atoms with Gasteiger partial charge in [-0.2, -0.15) is 0 Å². The molecule has 0 radical (unpaired) electrons. The van der Waals surface area contributed by atoms with Crippen LogP contribution in [0.3, 0.4) is 0 Å². The minimum atomic E-state index is -0.316. The van der Waals surface area contributed by atoms with Crippen LogP contribution in [-0.4, -0.2) is 62.7 Å². The average Bonchev–Trinajstić information content (AvgIpc) is 3.21. The van der Waals surface area contributed by atoms with Gasteiger partial charge in [-0.25, -0.2) is 4.79 Å². The summed E-state index contributed by atoms with van der Waals surface area (Å²) >= 11 is 6.27. The van der Waals surface area contributed by atoms with E-state index in [4.69, 9.17) is 30.5 Å². The fraction of sp³-hybridized carbons (Fsp3) is 0.423. The van der Waals surface area contributed by atoms with Gasteiger partial charge in [-0.1, -0.05) is 23.7 Å². The summed E-state index contributed by atoms with van der Waals surface area (Å²) < 4.78 is 21.7. The van der Waals surface area contributed by atoms with Crippen LogP contribution < -0.4 is 4.74 Å². The van der Waals surface area contributed by atoms with Crippen LogP contribution in [0.25, 0.3) is 10.9 Å². The summed E-state index contributed by atoms with van der Waals surface area (Å²) in [6, 6.07) is 13.5. The van der Waals surface area contributed by atoms with Gasteiger partial charge in [0.25, 0.3) is 0 Å². The Kier molecular flexibility index (Phi) is 8.32. The zero-order valence-corrected chi connectivity index (χ0v) is 20.4. The number of ether oxygens (including phenoxy) is 4. The third kappa shape index (κ3) is 5.49. The van der Waals surface area contributed by atoms with Gasteiger partial charge in [0.15, 0.2) is 0 Å². The summed E-state index contributed by atoms with van der Waals surface area (Å²) in [5.41, 5.74) is 4.19. The number of nitrogens with one attached hydrogen (secondary N) is 1. The van der Waals surface area contributed by atoms with Crippen molar-refractivity contribution in [1.82, 2.24) is 9.88 Å². The molecule has 1 aliphatic rings.